The average molecular weight is 418 g/mol. The predicted molar refractivity (Wildman–Crippen MR) is 117 cm³/mol. The number of carbonyl (C=O) groups excluding carboxylic acids is 1. The van der Waals surface area contributed by atoms with Gasteiger partial charge in [-0.05, 0) is 70.4 Å². The van der Waals surface area contributed by atoms with Crippen molar-refractivity contribution in [1.29, 1.82) is 0 Å². The molecule has 0 aliphatic carbocycles. The van der Waals surface area contributed by atoms with E-state index in [1.807, 2.05) is 25.1 Å². The molecule has 1 aliphatic rings. The van der Waals surface area contributed by atoms with Crippen LogP contribution >= 0.6 is 11.3 Å². The maximum absolute atomic E-state index is 12.6. The van der Waals surface area contributed by atoms with Gasteiger partial charge in [0.25, 0.3) is 5.91 Å². The number of unbranched alkanes of at least 4 members (excludes halogenated alkanes) is 2. The van der Waals surface area contributed by atoms with E-state index in [0.29, 0.717) is 17.2 Å². The molecule has 1 fully saturated rings. The molecule has 0 radical (unpaired) electrons. The third kappa shape index (κ3) is 5.70. The van der Waals surface area contributed by atoms with Gasteiger partial charge in [0.15, 0.2) is 0 Å². The topological polar surface area (TPSA) is 63.7 Å². The van der Waals surface area contributed by atoms with Crippen LogP contribution in [0.2, 0.25) is 0 Å². The fourth-order valence-electron chi connectivity index (χ4n) is 3.63. The number of methoxy groups -OCH3 is 2. The molecule has 2 aromatic rings. The number of aromatic nitrogens is 1. The molecule has 1 aliphatic heterocycles. The number of likely N-dealkylation sites (tertiary alicyclic amines) is 1. The largest absolute Gasteiger partial charge is 0.497 e. The van der Waals surface area contributed by atoms with E-state index in [4.69, 9.17) is 9.47 Å². The van der Waals surface area contributed by atoms with Crippen molar-refractivity contribution >= 4 is 17.2 Å². The zero-order chi connectivity index (χ0) is 20.6. The van der Waals surface area contributed by atoms with Crippen LogP contribution in [0.3, 0.4) is 0 Å². The van der Waals surface area contributed by atoms with E-state index in [9.17, 15) is 4.79 Å². The van der Waals surface area contributed by atoms with Crippen LogP contribution in [0.5, 0.6) is 11.5 Å². The van der Waals surface area contributed by atoms with Crippen molar-refractivity contribution in [3.05, 3.63) is 28.8 Å². The highest BCUT2D eigenvalue weighted by molar-refractivity contribution is 7.17. The summed E-state index contributed by atoms with van der Waals surface area (Å²) in [4.78, 5) is 20.4. The standard InChI is InChI=1S/C22H31N3O3S/c1-16-20(21(26)23-11-5-4-6-12-25-13-7-8-14-25)29-22(24-16)18-15-17(27-2)9-10-19(18)28-3/h9-10,15H,4-8,11-14H2,1-3H3,(H,23,26). The van der Waals surface area contributed by atoms with Gasteiger partial charge in [-0.3, -0.25) is 4.79 Å². The number of ether oxygens (including phenoxy) is 2. The van der Waals surface area contributed by atoms with Gasteiger partial charge in [0, 0.05) is 6.54 Å². The minimum absolute atomic E-state index is 0.0485. The molecule has 1 amide bonds. The Hall–Kier alpha value is -2.12. The number of hydrogen-bond donors (Lipinski definition) is 1. The third-order valence-electron chi connectivity index (χ3n) is 5.28. The van der Waals surface area contributed by atoms with E-state index in [-0.39, 0.29) is 5.91 Å². The average Bonchev–Trinajstić information content (AvgIpc) is 3.39. The molecule has 1 aromatic carbocycles. The Morgan fingerprint density at radius 2 is 1.97 bits per heavy atom. The van der Waals surface area contributed by atoms with Crippen molar-refractivity contribution in [2.24, 2.45) is 0 Å². The van der Waals surface area contributed by atoms with Gasteiger partial charge in [-0.2, -0.15) is 0 Å². The number of nitrogens with zero attached hydrogens (tertiary/aromatic N) is 2. The van der Waals surface area contributed by atoms with E-state index < -0.39 is 0 Å². The molecular weight excluding hydrogens is 386 g/mol. The van der Waals surface area contributed by atoms with Crippen molar-refractivity contribution in [2.45, 2.75) is 39.0 Å². The maximum Gasteiger partial charge on any atom is 0.263 e. The number of carbonyl (C=O) groups is 1. The molecule has 1 aromatic heterocycles. The summed E-state index contributed by atoms with van der Waals surface area (Å²) in [6.07, 6.45) is 6.04. The number of rotatable bonds is 10. The lowest BCUT2D eigenvalue weighted by Crippen LogP contribution is -2.24. The molecule has 2 heterocycles. The Kier molecular flexibility index (Phi) is 7.89. The number of nitrogens with one attached hydrogen (secondary N) is 1. The van der Waals surface area contributed by atoms with Gasteiger partial charge in [0.05, 0.1) is 25.5 Å². The molecule has 0 bridgehead atoms. The molecule has 1 N–H and O–H groups in total. The van der Waals surface area contributed by atoms with E-state index >= 15 is 0 Å². The fourth-order valence-corrected chi connectivity index (χ4v) is 4.63. The van der Waals surface area contributed by atoms with Crippen LogP contribution in [0.25, 0.3) is 10.6 Å². The molecule has 0 unspecified atom stereocenters. The van der Waals surface area contributed by atoms with Gasteiger partial charge in [-0.25, -0.2) is 4.98 Å². The highest BCUT2D eigenvalue weighted by Gasteiger charge is 2.18. The molecule has 0 saturated carbocycles. The lowest BCUT2D eigenvalue weighted by atomic mass is 10.2. The zero-order valence-corrected chi connectivity index (χ0v) is 18.4. The Balaban J connectivity index is 1.53. The van der Waals surface area contributed by atoms with Crippen molar-refractivity contribution < 1.29 is 14.3 Å². The summed E-state index contributed by atoms with van der Waals surface area (Å²) in [6.45, 7) is 6.27. The number of amides is 1. The van der Waals surface area contributed by atoms with Crippen molar-refractivity contribution in [1.82, 2.24) is 15.2 Å². The number of benzene rings is 1. The normalized spacial score (nSPS) is 14.2. The van der Waals surface area contributed by atoms with Crippen LogP contribution < -0.4 is 14.8 Å². The lowest BCUT2D eigenvalue weighted by Gasteiger charge is -2.13. The SMILES string of the molecule is COc1ccc(OC)c(-c2nc(C)c(C(=O)NCCCCCN3CCCC3)s2)c1. The van der Waals surface area contributed by atoms with Gasteiger partial charge in [0.2, 0.25) is 0 Å². The van der Waals surface area contributed by atoms with E-state index in [2.05, 4.69) is 15.2 Å². The summed E-state index contributed by atoms with van der Waals surface area (Å²) in [7, 11) is 3.26. The van der Waals surface area contributed by atoms with Crippen LogP contribution in [0.1, 0.15) is 47.5 Å². The van der Waals surface area contributed by atoms with E-state index in [1.165, 1.54) is 50.2 Å². The number of aryl methyl sites for hydroxylation is 1. The molecule has 29 heavy (non-hydrogen) atoms. The molecule has 0 atom stereocenters. The smallest absolute Gasteiger partial charge is 0.263 e. The van der Waals surface area contributed by atoms with Crippen molar-refractivity contribution in [3.63, 3.8) is 0 Å². The van der Waals surface area contributed by atoms with E-state index in [1.54, 1.807) is 14.2 Å². The second-order valence-corrected chi connectivity index (χ2v) is 8.36. The first-order valence-electron chi connectivity index (χ1n) is 10.3. The van der Waals surface area contributed by atoms with Crippen LogP contribution in [-0.2, 0) is 0 Å². The molecule has 3 rings (SSSR count). The summed E-state index contributed by atoms with van der Waals surface area (Å²) < 4.78 is 10.8. The highest BCUT2D eigenvalue weighted by atomic mass is 32.1. The van der Waals surface area contributed by atoms with Crippen LogP contribution in [0.4, 0.5) is 0 Å². The number of thiazole rings is 1. The van der Waals surface area contributed by atoms with Gasteiger partial charge in [0.1, 0.15) is 21.4 Å². The second kappa shape index (κ2) is 10.6. The first-order valence-corrected chi connectivity index (χ1v) is 11.1. The summed E-state index contributed by atoms with van der Waals surface area (Å²) in [5.74, 6) is 1.39. The highest BCUT2D eigenvalue weighted by Crippen LogP contribution is 2.36. The quantitative estimate of drug-likeness (QED) is 0.589. The maximum atomic E-state index is 12.6. The molecule has 1 saturated heterocycles. The monoisotopic (exact) mass is 417 g/mol. The summed E-state index contributed by atoms with van der Waals surface area (Å²) in [5.41, 5.74) is 1.57. The summed E-state index contributed by atoms with van der Waals surface area (Å²) >= 11 is 1.39. The van der Waals surface area contributed by atoms with Crippen LogP contribution in [0, 0.1) is 6.92 Å². The minimum atomic E-state index is -0.0485. The number of hydrogen-bond acceptors (Lipinski definition) is 6. The van der Waals surface area contributed by atoms with Crippen molar-refractivity contribution in [2.75, 3.05) is 40.4 Å². The van der Waals surface area contributed by atoms with E-state index in [0.717, 1.165) is 34.9 Å². The van der Waals surface area contributed by atoms with Gasteiger partial charge in [-0.15, -0.1) is 11.3 Å². The van der Waals surface area contributed by atoms with Crippen LogP contribution in [0.15, 0.2) is 18.2 Å². The van der Waals surface area contributed by atoms with Gasteiger partial charge >= 0.3 is 0 Å². The Morgan fingerprint density at radius 1 is 1.17 bits per heavy atom. The van der Waals surface area contributed by atoms with Crippen LogP contribution in [-0.4, -0.2) is 56.2 Å². The fraction of sp³-hybridized carbons (Fsp3) is 0.545. The summed E-state index contributed by atoms with van der Waals surface area (Å²) in [6, 6.07) is 5.59. The van der Waals surface area contributed by atoms with Gasteiger partial charge in [-0.1, -0.05) is 6.42 Å². The Bertz CT molecular complexity index is 816. The Morgan fingerprint density at radius 3 is 2.69 bits per heavy atom. The summed E-state index contributed by atoms with van der Waals surface area (Å²) in [5, 5.41) is 3.80. The lowest BCUT2D eigenvalue weighted by molar-refractivity contribution is 0.0956. The molecule has 7 heteroatoms. The van der Waals surface area contributed by atoms with Gasteiger partial charge < -0.3 is 19.7 Å². The molecule has 158 valence electrons. The molecule has 6 nitrogen and oxygen atoms in total. The zero-order valence-electron chi connectivity index (χ0n) is 17.6. The first-order chi connectivity index (χ1) is 14.1. The Labute approximate surface area is 177 Å². The molecule has 0 spiro atoms. The van der Waals surface area contributed by atoms with Crippen molar-refractivity contribution in [3.8, 4) is 22.1 Å². The minimum Gasteiger partial charge on any atom is -0.497 e. The molecular formula is C22H31N3O3S. The third-order valence-corrected chi connectivity index (χ3v) is 6.46. The predicted octanol–water partition coefficient (Wildman–Crippen LogP) is 4.13. The second-order valence-electron chi connectivity index (χ2n) is 7.37. The first kappa shape index (κ1) is 21.6.